The number of ketones is 1. The SMILES string of the molecule is COCC(C)n1c(C)cc(C(=O)CSc2nnc(-c3ccc(C(C)(C)C)cc3)o2)c1C. The fourth-order valence-corrected chi connectivity index (χ4v) is 4.40. The summed E-state index contributed by atoms with van der Waals surface area (Å²) in [7, 11) is 1.69. The van der Waals surface area contributed by atoms with Crippen LogP contribution in [0.2, 0.25) is 0 Å². The molecule has 3 rings (SSSR count). The van der Waals surface area contributed by atoms with E-state index in [2.05, 4.69) is 54.6 Å². The molecule has 31 heavy (non-hydrogen) atoms. The van der Waals surface area contributed by atoms with E-state index in [4.69, 9.17) is 9.15 Å². The van der Waals surface area contributed by atoms with Crippen LogP contribution in [0.15, 0.2) is 40.0 Å². The van der Waals surface area contributed by atoms with Gasteiger partial charge in [-0.15, -0.1) is 10.2 Å². The Kier molecular flexibility index (Phi) is 7.06. The van der Waals surface area contributed by atoms with Gasteiger partial charge in [0, 0.05) is 29.6 Å². The zero-order valence-electron chi connectivity index (χ0n) is 19.4. The van der Waals surface area contributed by atoms with Crippen LogP contribution in [-0.2, 0) is 10.2 Å². The molecule has 0 N–H and O–H groups in total. The number of ether oxygens (including phenoxy) is 1. The number of aromatic nitrogens is 3. The molecular formula is C24H31N3O3S. The van der Waals surface area contributed by atoms with Crippen molar-refractivity contribution in [1.29, 1.82) is 0 Å². The van der Waals surface area contributed by atoms with Crippen molar-refractivity contribution < 1.29 is 13.9 Å². The number of carbonyl (C=O) groups is 1. The summed E-state index contributed by atoms with van der Waals surface area (Å²) in [6, 6.07) is 10.3. The molecule has 2 heterocycles. The third-order valence-corrected chi connectivity index (χ3v) is 6.18. The lowest BCUT2D eigenvalue weighted by atomic mass is 9.87. The molecule has 3 aromatic rings. The van der Waals surface area contributed by atoms with Crippen LogP contribution in [0.25, 0.3) is 11.5 Å². The van der Waals surface area contributed by atoms with Gasteiger partial charge in [0.15, 0.2) is 5.78 Å². The average molecular weight is 442 g/mol. The zero-order chi connectivity index (χ0) is 22.8. The molecule has 0 aliphatic heterocycles. The predicted octanol–water partition coefficient (Wildman–Crippen LogP) is 5.63. The van der Waals surface area contributed by atoms with E-state index in [-0.39, 0.29) is 23.0 Å². The van der Waals surface area contributed by atoms with Gasteiger partial charge >= 0.3 is 0 Å². The van der Waals surface area contributed by atoms with Crippen LogP contribution in [0.4, 0.5) is 0 Å². The summed E-state index contributed by atoms with van der Waals surface area (Å²) < 4.78 is 13.2. The standard InChI is InChI=1S/C24H31N3O3S/c1-15-12-20(17(3)27(15)16(2)13-29-7)21(28)14-31-23-26-25-22(30-23)18-8-10-19(11-9-18)24(4,5)6/h8-12,16H,13-14H2,1-7H3. The number of benzene rings is 1. The van der Waals surface area contributed by atoms with E-state index in [0.717, 1.165) is 22.5 Å². The van der Waals surface area contributed by atoms with E-state index < -0.39 is 0 Å². The third-order valence-electron chi connectivity index (χ3n) is 5.36. The summed E-state index contributed by atoms with van der Waals surface area (Å²) in [5.74, 6) is 0.748. The second kappa shape index (κ2) is 9.40. The molecule has 0 aliphatic carbocycles. The van der Waals surface area contributed by atoms with E-state index in [1.807, 2.05) is 32.0 Å². The molecule has 0 radical (unpaired) electrons. The molecule has 1 atom stereocenters. The maximum Gasteiger partial charge on any atom is 0.277 e. The topological polar surface area (TPSA) is 70.2 Å². The number of nitrogens with zero attached hydrogens (tertiary/aromatic N) is 3. The molecule has 0 aliphatic rings. The molecule has 0 spiro atoms. The van der Waals surface area contributed by atoms with Crippen molar-refractivity contribution >= 4 is 17.5 Å². The molecule has 0 saturated carbocycles. The number of hydrogen-bond donors (Lipinski definition) is 0. The van der Waals surface area contributed by atoms with Crippen molar-refractivity contribution in [3.05, 3.63) is 52.8 Å². The highest BCUT2D eigenvalue weighted by Gasteiger charge is 2.20. The molecule has 1 aromatic carbocycles. The van der Waals surface area contributed by atoms with E-state index in [1.165, 1.54) is 17.3 Å². The third kappa shape index (κ3) is 5.28. The van der Waals surface area contributed by atoms with Crippen molar-refractivity contribution in [1.82, 2.24) is 14.8 Å². The number of hydrogen-bond acceptors (Lipinski definition) is 6. The molecule has 0 amide bonds. The van der Waals surface area contributed by atoms with Crippen LogP contribution in [0.1, 0.15) is 61.0 Å². The Hall–Kier alpha value is -2.38. The molecule has 0 bridgehead atoms. The lowest BCUT2D eigenvalue weighted by molar-refractivity contribution is 0.102. The lowest BCUT2D eigenvalue weighted by Gasteiger charge is -2.18. The van der Waals surface area contributed by atoms with Gasteiger partial charge in [0.25, 0.3) is 5.22 Å². The van der Waals surface area contributed by atoms with Crippen LogP contribution in [0.5, 0.6) is 0 Å². The van der Waals surface area contributed by atoms with Gasteiger partial charge < -0.3 is 13.7 Å². The molecule has 1 unspecified atom stereocenters. The second-order valence-corrected chi connectivity index (χ2v) is 9.80. The van der Waals surface area contributed by atoms with Crippen molar-refractivity contribution in [2.75, 3.05) is 19.5 Å². The van der Waals surface area contributed by atoms with Crippen molar-refractivity contribution in [2.24, 2.45) is 0 Å². The summed E-state index contributed by atoms with van der Waals surface area (Å²) in [6.45, 7) is 13.2. The van der Waals surface area contributed by atoms with E-state index in [0.29, 0.717) is 17.7 Å². The van der Waals surface area contributed by atoms with Crippen LogP contribution in [-0.4, -0.2) is 40.0 Å². The first-order valence-corrected chi connectivity index (χ1v) is 11.4. The highest BCUT2D eigenvalue weighted by Crippen LogP contribution is 2.28. The monoisotopic (exact) mass is 441 g/mol. The number of rotatable bonds is 8. The smallest absolute Gasteiger partial charge is 0.277 e. The Balaban J connectivity index is 1.67. The molecule has 6 nitrogen and oxygen atoms in total. The maximum absolute atomic E-state index is 12.8. The second-order valence-electron chi connectivity index (χ2n) is 8.87. The normalized spacial score (nSPS) is 12.9. The summed E-state index contributed by atoms with van der Waals surface area (Å²) in [5, 5.41) is 8.63. The van der Waals surface area contributed by atoms with Crippen LogP contribution < -0.4 is 0 Å². The van der Waals surface area contributed by atoms with Crippen molar-refractivity contribution in [3.63, 3.8) is 0 Å². The fraction of sp³-hybridized carbons (Fsp3) is 0.458. The Morgan fingerprint density at radius 2 is 1.87 bits per heavy atom. The molecule has 166 valence electrons. The Labute approximate surface area is 188 Å². The van der Waals surface area contributed by atoms with Crippen molar-refractivity contribution in [3.8, 4) is 11.5 Å². The van der Waals surface area contributed by atoms with Gasteiger partial charge in [-0.05, 0) is 49.9 Å². The number of Topliss-reactive ketones (excluding diaryl/α,β-unsaturated/α-hetero) is 1. The van der Waals surface area contributed by atoms with E-state index in [9.17, 15) is 4.79 Å². The Morgan fingerprint density at radius 1 is 1.19 bits per heavy atom. The summed E-state index contributed by atoms with van der Waals surface area (Å²) in [5.41, 5.74) is 4.94. The van der Waals surface area contributed by atoms with Crippen molar-refractivity contribution in [2.45, 2.75) is 58.2 Å². The molecule has 2 aromatic heterocycles. The van der Waals surface area contributed by atoms with Gasteiger partial charge in [-0.1, -0.05) is 44.7 Å². The molecule has 0 saturated heterocycles. The maximum atomic E-state index is 12.8. The fourth-order valence-electron chi connectivity index (χ4n) is 3.76. The minimum Gasteiger partial charge on any atom is -0.411 e. The Morgan fingerprint density at radius 3 is 2.48 bits per heavy atom. The summed E-state index contributed by atoms with van der Waals surface area (Å²) in [4.78, 5) is 12.8. The minimum absolute atomic E-state index is 0.0447. The summed E-state index contributed by atoms with van der Waals surface area (Å²) >= 11 is 1.26. The molecule has 7 heteroatoms. The number of carbonyl (C=O) groups excluding carboxylic acids is 1. The Bertz CT molecular complexity index is 1050. The van der Waals surface area contributed by atoms with Gasteiger partial charge in [-0.2, -0.15) is 0 Å². The summed E-state index contributed by atoms with van der Waals surface area (Å²) in [6.07, 6.45) is 0. The number of thioether (sulfide) groups is 1. The van der Waals surface area contributed by atoms with Crippen LogP contribution in [0.3, 0.4) is 0 Å². The average Bonchev–Trinajstić information content (AvgIpc) is 3.30. The van der Waals surface area contributed by atoms with Gasteiger partial charge in [0.05, 0.1) is 18.4 Å². The number of aryl methyl sites for hydroxylation is 1. The van der Waals surface area contributed by atoms with E-state index in [1.54, 1.807) is 7.11 Å². The lowest BCUT2D eigenvalue weighted by Crippen LogP contribution is -2.14. The molecule has 0 fully saturated rings. The van der Waals surface area contributed by atoms with Crippen LogP contribution in [0, 0.1) is 13.8 Å². The van der Waals surface area contributed by atoms with E-state index >= 15 is 0 Å². The van der Waals surface area contributed by atoms with Crippen LogP contribution >= 0.6 is 11.8 Å². The predicted molar refractivity (Wildman–Crippen MR) is 124 cm³/mol. The van der Waals surface area contributed by atoms with Gasteiger partial charge in [0.1, 0.15) is 0 Å². The number of methoxy groups -OCH3 is 1. The highest BCUT2D eigenvalue weighted by atomic mass is 32.2. The van der Waals surface area contributed by atoms with Gasteiger partial charge in [-0.3, -0.25) is 4.79 Å². The first-order valence-electron chi connectivity index (χ1n) is 10.4. The first-order chi connectivity index (χ1) is 14.6. The zero-order valence-corrected chi connectivity index (χ0v) is 20.2. The molecular weight excluding hydrogens is 410 g/mol. The van der Waals surface area contributed by atoms with Gasteiger partial charge in [0.2, 0.25) is 5.89 Å². The largest absolute Gasteiger partial charge is 0.411 e. The quantitative estimate of drug-likeness (QED) is 0.333. The highest BCUT2D eigenvalue weighted by molar-refractivity contribution is 7.99. The first kappa shape index (κ1) is 23.3. The van der Waals surface area contributed by atoms with Gasteiger partial charge in [-0.25, -0.2) is 0 Å². The minimum atomic E-state index is 0.0447.